The summed E-state index contributed by atoms with van der Waals surface area (Å²) in [6, 6.07) is 22.5. The predicted molar refractivity (Wildman–Crippen MR) is 113 cm³/mol. The van der Waals surface area contributed by atoms with E-state index in [1.807, 2.05) is 30.3 Å². The van der Waals surface area contributed by atoms with E-state index >= 15 is 0 Å². The fraction of sp³-hybridized carbons (Fsp3) is 0.0833. The molecule has 3 aromatic carbocycles. The molecule has 0 amide bonds. The number of ketones is 1. The summed E-state index contributed by atoms with van der Waals surface area (Å²) in [6.07, 6.45) is 0. The van der Waals surface area contributed by atoms with Crippen LogP contribution in [0.15, 0.2) is 83.7 Å². The van der Waals surface area contributed by atoms with Crippen LogP contribution in [0.1, 0.15) is 33.3 Å². The average molecular weight is 398 g/mol. The standard InChI is InChI=1S/C24H18N2O4/c1-16(27)18-11-13-19(14-12-18)30-24(29)22-20-9-5-6-10-21(20)23(28)26(25-22)15-17-7-3-2-4-8-17/h2-14H,15H2,1H3. The number of Topliss-reactive ketones (excluding diaryl/α,β-unsaturated/α-hetero) is 1. The zero-order valence-electron chi connectivity index (χ0n) is 16.2. The number of carbonyl (C=O) groups excluding carboxylic acids is 2. The third-order valence-corrected chi connectivity index (χ3v) is 4.71. The highest BCUT2D eigenvalue weighted by Gasteiger charge is 2.19. The van der Waals surface area contributed by atoms with Crippen molar-refractivity contribution in [2.75, 3.05) is 0 Å². The van der Waals surface area contributed by atoms with Gasteiger partial charge in [-0.15, -0.1) is 0 Å². The molecule has 148 valence electrons. The lowest BCUT2D eigenvalue weighted by atomic mass is 10.1. The van der Waals surface area contributed by atoms with Crippen molar-refractivity contribution in [1.29, 1.82) is 0 Å². The summed E-state index contributed by atoms with van der Waals surface area (Å²) in [5, 5.41) is 5.13. The van der Waals surface area contributed by atoms with Gasteiger partial charge in [0, 0.05) is 10.9 Å². The Morgan fingerprint density at radius 2 is 1.50 bits per heavy atom. The van der Waals surface area contributed by atoms with E-state index in [9.17, 15) is 14.4 Å². The molecule has 0 saturated carbocycles. The molecule has 1 heterocycles. The van der Waals surface area contributed by atoms with Crippen LogP contribution in [0.25, 0.3) is 10.8 Å². The Morgan fingerprint density at radius 1 is 0.867 bits per heavy atom. The van der Waals surface area contributed by atoms with Crippen molar-refractivity contribution in [3.05, 3.63) is 106 Å². The summed E-state index contributed by atoms with van der Waals surface area (Å²) in [7, 11) is 0. The lowest BCUT2D eigenvalue weighted by molar-refractivity contribution is 0.0728. The minimum atomic E-state index is -0.677. The number of ether oxygens (including phenoxy) is 1. The fourth-order valence-corrected chi connectivity index (χ4v) is 3.16. The fourth-order valence-electron chi connectivity index (χ4n) is 3.16. The largest absolute Gasteiger partial charge is 0.422 e. The average Bonchev–Trinajstić information content (AvgIpc) is 2.77. The maximum Gasteiger partial charge on any atom is 0.364 e. The molecule has 0 atom stereocenters. The molecule has 30 heavy (non-hydrogen) atoms. The van der Waals surface area contributed by atoms with Gasteiger partial charge < -0.3 is 4.74 Å². The topological polar surface area (TPSA) is 78.3 Å². The van der Waals surface area contributed by atoms with Gasteiger partial charge in [0.1, 0.15) is 5.75 Å². The molecular formula is C24H18N2O4. The Labute approximate surface area is 172 Å². The van der Waals surface area contributed by atoms with E-state index < -0.39 is 5.97 Å². The first-order chi connectivity index (χ1) is 14.5. The quantitative estimate of drug-likeness (QED) is 0.290. The number of aromatic nitrogens is 2. The second kappa shape index (κ2) is 8.13. The van der Waals surface area contributed by atoms with E-state index in [1.165, 1.54) is 11.6 Å². The van der Waals surface area contributed by atoms with Crippen molar-refractivity contribution in [2.45, 2.75) is 13.5 Å². The van der Waals surface area contributed by atoms with Crippen molar-refractivity contribution in [3.8, 4) is 5.75 Å². The Kier molecular flexibility index (Phi) is 5.22. The van der Waals surface area contributed by atoms with Crippen molar-refractivity contribution >= 4 is 22.5 Å². The maximum atomic E-state index is 12.9. The Hall–Kier alpha value is -4.06. The predicted octanol–water partition coefficient (Wildman–Crippen LogP) is 3.87. The number of fused-ring (bicyclic) bond motifs is 1. The summed E-state index contributed by atoms with van der Waals surface area (Å²) >= 11 is 0. The molecule has 0 unspecified atom stereocenters. The van der Waals surface area contributed by atoms with Crippen LogP contribution in [0.4, 0.5) is 0 Å². The van der Waals surface area contributed by atoms with E-state index in [-0.39, 0.29) is 29.3 Å². The Morgan fingerprint density at radius 3 is 2.17 bits per heavy atom. The number of hydrogen-bond donors (Lipinski definition) is 0. The Balaban J connectivity index is 1.73. The van der Waals surface area contributed by atoms with E-state index in [2.05, 4.69) is 5.10 Å². The number of nitrogens with zero attached hydrogens (tertiary/aromatic N) is 2. The number of carbonyl (C=O) groups is 2. The van der Waals surface area contributed by atoms with Gasteiger partial charge in [-0.1, -0.05) is 48.5 Å². The highest BCUT2D eigenvalue weighted by molar-refractivity contribution is 6.03. The molecule has 0 bridgehead atoms. The zero-order chi connectivity index (χ0) is 21.1. The second-order valence-corrected chi connectivity index (χ2v) is 6.81. The highest BCUT2D eigenvalue weighted by atomic mass is 16.5. The van der Waals surface area contributed by atoms with Crippen LogP contribution in [0, 0.1) is 0 Å². The van der Waals surface area contributed by atoms with Gasteiger partial charge in [-0.25, -0.2) is 9.48 Å². The molecule has 0 aliphatic rings. The first-order valence-electron chi connectivity index (χ1n) is 9.40. The van der Waals surface area contributed by atoms with Crippen LogP contribution < -0.4 is 10.3 Å². The molecule has 4 rings (SSSR count). The van der Waals surface area contributed by atoms with Gasteiger partial charge >= 0.3 is 5.97 Å². The van der Waals surface area contributed by atoms with Crippen molar-refractivity contribution in [2.24, 2.45) is 0 Å². The van der Waals surface area contributed by atoms with E-state index in [0.29, 0.717) is 16.3 Å². The summed E-state index contributed by atoms with van der Waals surface area (Å²) in [5.74, 6) is -0.464. The molecular weight excluding hydrogens is 380 g/mol. The smallest absolute Gasteiger partial charge is 0.364 e. The van der Waals surface area contributed by atoms with Gasteiger partial charge in [-0.05, 0) is 42.8 Å². The van der Waals surface area contributed by atoms with Crippen LogP contribution in [0.3, 0.4) is 0 Å². The summed E-state index contributed by atoms with van der Waals surface area (Å²) in [5.41, 5.74) is 1.19. The number of esters is 1. The lowest BCUT2D eigenvalue weighted by Crippen LogP contribution is -2.27. The van der Waals surface area contributed by atoms with Gasteiger partial charge in [0.05, 0.1) is 11.9 Å². The van der Waals surface area contributed by atoms with Crippen molar-refractivity contribution < 1.29 is 14.3 Å². The highest BCUT2D eigenvalue weighted by Crippen LogP contribution is 2.18. The van der Waals surface area contributed by atoms with Crippen LogP contribution in [0.5, 0.6) is 5.75 Å². The molecule has 0 spiro atoms. The second-order valence-electron chi connectivity index (χ2n) is 6.81. The minimum absolute atomic E-state index is 0.0526. The summed E-state index contributed by atoms with van der Waals surface area (Å²) in [4.78, 5) is 37.2. The molecule has 4 aromatic rings. The third kappa shape index (κ3) is 3.89. The molecule has 0 aliphatic heterocycles. The molecule has 1 aromatic heterocycles. The molecule has 0 radical (unpaired) electrons. The van der Waals surface area contributed by atoms with Crippen LogP contribution in [-0.4, -0.2) is 21.5 Å². The molecule has 6 nitrogen and oxygen atoms in total. The van der Waals surface area contributed by atoms with E-state index in [0.717, 1.165) is 5.56 Å². The van der Waals surface area contributed by atoms with Crippen LogP contribution >= 0.6 is 0 Å². The Bertz CT molecular complexity index is 1290. The number of benzene rings is 3. The van der Waals surface area contributed by atoms with Gasteiger partial charge in [0.2, 0.25) is 0 Å². The third-order valence-electron chi connectivity index (χ3n) is 4.71. The monoisotopic (exact) mass is 398 g/mol. The minimum Gasteiger partial charge on any atom is -0.422 e. The molecule has 0 fully saturated rings. The lowest BCUT2D eigenvalue weighted by Gasteiger charge is -2.11. The number of rotatable bonds is 5. The first kappa shape index (κ1) is 19.3. The normalized spacial score (nSPS) is 10.7. The molecule has 0 aliphatic carbocycles. The van der Waals surface area contributed by atoms with E-state index in [1.54, 1.807) is 48.5 Å². The van der Waals surface area contributed by atoms with Gasteiger partial charge in [0.25, 0.3) is 5.56 Å². The van der Waals surface area contributed by atoms with Crippen LogP contribution in [0.2, 0.25) is 0 Å². The van der Waals surface area contributed by atoms with Crippen molar-refractivity contribution in [3.63, 3.8) is 0 Å². The summed E-state index contributed by atoms with van der Waals surface area (Å²) in [6.45, 7) is 1.70. The first-order valence-corrected chi connectivity index (χ1v) is 9.40. The molecule has 0 saturated heterocycles. The SMILES string of the molecule is CC(=O)c1ccc(OC(=O)c2nn(Cc3ccccc3)c(=O)c3ccccc23)cc1. The molecule has 0 N–H and O–H groups in total. The maximum absolute atomic E-state index is 12.9. The van der Waals surface area contributed by atoms with Gasteiger partial charge in [0.15, 0.2) is 11.5 Å². The van der Waals surface area contributed by atoms with Crippen LogP contribution in [-0.2, 0) is 6.54 Å². The zero-order valence-corrected chi connectivity index (χ0v) is 16.2. The van der Waals surface area contributed by atoms with Gasteiger partial charge in [-0.3, -0.25) is 9.59 Å². The number of hydrogen-bond acceptors (Lipinski definition) is 5. The van der Waals surface area contributed by atoms with Gasteiger partial charge in [-0.2, -0.15) is 5.10 Å². The van der Waals surface area contributed by atoms with Crippen molar-refractivity contribution in [1.82, 2.24) is 9.78 Å². The van der Waals surface area contributed by atoms with E-state index in [4.69, 9.17) is 4.74 Å². The summed E-state index contributed by atoms with van der Waals surface area (Å²) < 4.78 is 6.73. The molecule has 6 heteroatoms.